The number of thioether (sulfide) groups is 1. The van der Waals surface area contributed by atoms with Gasteiger partial charge in [-0.1, -0.05) is 17.4 Å². The van der Waals surface area contributed by atoms with Crippen molar-refractivity contribution in [2.75, 3.05) is 26.3 Å². The summed E-state index contributed by atoms with van der Waals surface area (Å²) in [5.41, 5.74) is 1.22. The van der Waals surface area contributed by atoms with Crippen molar-refractivity contribution in [3.63, 3.8) is 0 Å². The zero-order chi connectivity index (χ0) is 20.2. The first-order valence-corrected chi connectivity index (χ1v) is 12.6. The van der Waals surface area contributed by atoms with Crippen molar-refractivity contribution in [3.8, 4) is 0 Å². The highest BCUT2D eigenvalue weighted by atomic mass is 32.2. The van der Waals surface area contributed by atoms with Gasteiger partial charge in [-0.2, -0.15) is 0 Å². The summed E-state index contributed by atoms with van der Waals surface area (Å²) in [6.45, 7) is 2.52. The Hall–Kier alpha value is -1.64. The van der Waals surface area contributed by atoms with Crippen LogP contribution in [0.3, 0.4) is 0 Å². The van der Waals surface area contributed by atoms with Crippen LogP contribution in [0, 0.1) is 17.8 Å². The van der Waals surface area contributed by atoms with Gasteiger partial charge in [-0.15, -0.1) is 11.8 Å². The van der Waals surface area contributed by atoms with Crippen LogP contribution >= 0.6 is 23.1 Å². The second kappa shape index (κ2) is 7.50. The van der Waals surface area contributed by atoms with E-state index in [-0.39, 0.29) is 23.2 Å². The van der Waals surface area contributed by atoms with Gasteiger partial charge in [-0.25, -0.2) is 0 Å². The van der Waals surface area contributed by atoms with Crippen molar-refractivity contribution in [3.05, 3.63) is 44.6 Å². The van der Waals surface area contributed by atoms with E-state index in [1.165, 1.54) is 36.2 Å². The standard InChI is InChI=1S/C22H25N3O3S2/c26-16(24-6-8-28-9-7-24)12-25-21-20(30-22(25)27)18(15-2-1-5-23-11-15)17-13-3-4-14(10-13)19(17)29-21/h1-2,5,11,13-14,17-19H,3-4,6-10,12H2. The Kier molecular flexibility index (Phi) is 4.77. The molecule has 2 bridgehead atoms. The third-order valence-electron chi connectivity index (χ3n) is 7.39. The Morgan fingerprint density at radius 1 is 1.23 bits per heavy atom. The number of aromatic nitrogens is 2. The molecule has 5 atom stereocenters. The molecule has 2 aromatic heterocycles. The van der Waals surface area contributed by atoms with Gasteiger partial charge in [0.15, 0.2) is 0 Å². The van der Waals surface area contributed by atoms with Gasteiger partial charge in [0, 0.05) is 41.5 Å². The van der Waals surface area contributed by atoms with Crippen LogP contribution in [0.4, 0.5) is 0 Å². The van der Waals surface area contributed by atoms with Crippen molar-refractivity contribution in [1.29, 1.82) is 0 Å². The zero-order valence-corrected chi connectivity index (χ0v) is 18.4. The molecule has 30 heavy (non-hydrogen) atoms. The molecule has 0 N–H and O–H groups in total. The molecule has 1 amide bonds. The van der Waals surface area contributed by atoms with E-state index in [2.05, 4.69) is 11.1 Å². The van der Waals surface area contributed by atoms with Crippen molar-refractivity contribution in [2.45, 2.75) is 42.0 Å². The van der Waals surface area contributed by atoms with Gasteiger partial charge in [0.05, 0.1) is 18.2 Å². The van der Waals surface area contributed by atoms with E-state index in [1.807, 2.05) is 35.1 Å². The largest absolute Gasteiger partial charge is 0.378 e. The first kappa shape index (κ1) is 19.1. The van der Waals surface area contributed by atoms with E-state index in [0.29, 0.717) is 37.5 Å². The Morgan fingerprint density at radius 3 is 2.87 bits per heavy atom. The summed E-state index contributed by atoms with van der Waals surface area (Å²) < 4.78 is 7.13. The summed E-state index contributed by atoms with van der Waals surface area (Å²) in [7, 11) is 0. The molecule has 5 unspecified atom stereocenters. The van der Waals surface area contributed by atoms with Gasteiger partial charge >= 0.3 is 4.87 Å². The fourth-order valence-electron chi connectivity index (χ4n) is 6.07. The lowest BCUT2D eigenvalue weighted by Gasteiger charge is -2.40. The summed E-state index contributed by atoms with van der Waals surface area (Å²) in [5, 5.41) is 1.58. The molecule has 1 saturated heterocycles. The summed E-state index contributed by atoms with van der Waals surface area (Å²) in [5.74, 6) is 2.30. The van der Waals surface area contributed by atoms with Crippen LogP contribution in [0.5, 0.6) is 0 Å². The highest BCUT2D eigenvalue weighted by molar-refractivity contribution is 8.00. The van der Waals surface area contributed by atoms with Crippen LogP contribution in [-0.4, -0.2) is 51.9 Å². The van der Waals surface area contributed by atoms with Gasteiger partial charge in [0.1, 0.15) is 6.54 Å². The SMILES string of the molecule is O=C(Cn1c2c(sc1=O)C(c1cccnc1)C1C3CCC(C3)C1S2)N1CCOCC1. The third kappa shape index (κ3) is 2.99. The molecule has 0 spiro atoms. The van der Waals surface area contributed by atoms with Crippen LogP contribution in [-0.2, 0) is 16.1 Å². The van der Waals surface area contributed by atoms with Gasteiger partial charge < -0.3 is 9.64 Å². The maximum atomic E-state index is 13.1. The first-order chi connectivity index (χ1) is 14.7. The smallest absolute Gasteiger partial charge is 0.308 e. The summed E-state index contributed by atoms with van der Waals surface area (Å²) in [4.78, 5) is 33.3. The predicted molar refractivity (Wildman–Crippen MR) is 116 cm³/mol. The van der Waals surface area contributed by atoms with Crippen LogP contribution < -0.4 is 4.87 Å². The topological polar surface area (TPSA) is 64.4 Å². The number of hydrogen-bond donors (Lipinski definition) is 0. The lowest BCUT2D eigenvalue weighted by Crippen LogP contribution is -2.43. The number of fused-ring (bicyclic) bond motifs is 6. The van der Waals surface area contributed by atoms with Crippen LogP contribution in [0.25, 0.3) is 0 Å². The normalized spacial score (nSPS) is 32.1. The minimum absolute atomic E-state index is 0.00433. The van der Waals surface area contributed by atoms with E-state index in [1.54, 1.807) is 4.57 Å². The number of nitrogens with zero attached hydrogens (tertiary/aromatic N) is 3. The third-order valence-corrected chi connectivity index (χ3v) is 10.2. The van der Waals surface area contributed by atoms with Crippen molar-refractivity contribution in [1.82, 2.24) is 14.5 Å². The molecule has 0 radical (unpaired) electrons. The van der Waals surface area contributed by atoms with E-state index < -0.39 is 0 Å². The average Bonchev–Trinajstić information content (AvgIpc) is 3.48. The summed E-state index contributed by atoms with van der Waals surface area (Å²) in [6.07, 6.45) is 7.71. The van der Waals surface area contributed by atoms with Gasteiger partial charge in [-0.05, 0) is 48.6 Å². The molecular weight excluding hydrogens is 418 g/mol. The molecule has 2 aromatic rings. The van der Waals surface area contributed by atoms with E-state index in [9.17, 15) is 9.59 Å². The second-order valence-electron chi connectivity index (χ2n) is 8.87. The fourth-order valence-corrected chi connectivity index (χ4v) is 9.22. The number of pyridine rings is 1. The lowest BCUT2D eigenvalue weighted by molar-refractivity contribution is -0.136. The number of rotatable bonds is 3. The molecule has 2 saturated carbocycles. The van der Waals surface area contributed by atoms with Crippen molar-refractivity contribution < 1.29 is 9.53 Å². The minimum atomic E-state index is -0.00433. The van der Waals surface area contributed by atoms with E-state index >= 15 is 0 Å². The van der Waals surface area contributed by atoms with Crippen LogP contribution in [0.15, 0.2) is 34.3 Å². The maximum Gasteiger partial charge on any atom is 0.308 e. The Balaban J connectivity index is 1.40. The average molecular weight is 444 g/mol. The summed E-state index contributed by atoms with van der Waals surface area (Å²) in [6, 6.07) is 4.16. The highest BCUT2D eigenvalue weighted by Crippen LogP contribution is 2.63. The molecule has 158 valence electrons. The second-order valence-corrected chi connectivity index (χ2v) is 11.0. The van der Waals surface area contributed by atoms with E-state index in [4.69, 9.17) is 4.74 Å². The monoisotopic (exact) mass is 443 g/mol. The Labute approximate surface area is 183 Å². The minimum Gasteiger partial charge on any atom is -0.378 e. The molecule has 2 aliphatic carbocycles. The molecule has 3 fully saturated rings. The van der Waals surface area contributed by atoms with Gasteiger partial charge in [0.2, 0.25) is 5.91 Å². The number of carbonyl (C=O) groups excluding carboxylic acids is 1. The van der Waals surface area contributed by atoms with Crippen LogP contribution in [0.2, 0.25) is 0 Å². The van der Waals surface area contributed by atoms with Crippen LogP contribution in [0.1, 0.15) is 35.6 Å². The molecule has 8 heteroatoms. The number of amides is 1. The van der Waals surface area contributed by atoms with Gasteiger partial charge in [-0.3, -0.25) is 19.1 Å². The van der Waals surface area contributed by atoms with Gasteiger partial charge in [0.25, 0.3) is 0 Å². The Bertz CT molecular complexity index is 1010. The first-order valence-electron chi connectivity index (χ1n) is 10.9. The molecule has 2 aliphatic heterocycles. The molecule has 4 aliphatic rings. The fraction of sp³-hybridized carbons (Fsp3) is 0.591. The molecule has 0 aromatic carbocycles. The number of carbonyl (C=O) groups is 1. The number of ether oxygens (including phenoxy) is 1. The zero-order valence-electron chi connectivity index (χ0n) is 16.7. The number of morpholine rings is 1. The summed E-state index contributed by atoms with van der Waals surface area (Å²) >= 11 is 3.23. The van der Waals surface area contributed by atoms with Crippen molar-refractivity contribution >= 4 is 29.0 Å². The molecule has 6 rings (SSSR count). The van der Waals surface area contributed by atoms with Crippen molar-refractivity contribution in [2.24, 2.45) is 17.8 Å². The lowest BCUT2D eigenvalue weighted by atomic mass is 9.75. The molecular formula is C22H25N3O3S2. The van der Waals surface area contributed by atoms with E-state index in [0.717, 1.165) is 21.7 Å². The highest BCUT2D eigenvalue weighted by Gasteiger charge is 2.55. The number of hydrogen-bond acceptors (Lipinski definition) is 6. The maximum absolute atomic E-state index is 13.1. The quantitative estimate of drug-likeness (QED) is 0.730. The molecule has 4 heterocycles. The molecule has 6 nitrogen and oxygen atoms in total. The Morgan fingerprint density at radius 2 is 2.07 bits per heavy atom. The number of thiazole rings is 1. The predicted octanol–water partition coefficient (Wildman–Crippen LogP) is 2.82.